The summed E-state index contributed by atoms with van der Waals surface area (Å²) in [7, 11) is 0. The molecule has 0 saturated heterocycles. The molecule has 0 aromatic carbocycles. The van der Waals surface area contributed by atoms with E-state index in [0.29, 0.717) is 0 Å². The predicted octanol–water partition coefficient (Wildman–Crippen LogP) is 0.964. The van der Waals surface area contributed by atoms with Crippen molar-refractivity contribution in [1.82, 2.24) is 9.97 Å². The molecule has 0 bridgehead atoms. The zero-order valence-electron chi connectivity index (χ0n) is 8.27. The summed E-state index contributed by atoms with van der Waals surface area (Å²) in [5.74, 6) is 0. The fraction of sp³-hybridized carbons (Fsp3) is 0.364. The maximum atomic E-state index is 4.30. The van der Waals surface area contributed by atoms with Gasteiger partial charge in [0, 0.05) is 17.6 Å². The monoisotopic (exact) mass is 187 g/mol. The number of allylic oxidation sites excluding steroid dienone is 1. The fourth-order valence-corrected chi connectivity index (χ4v) is 1.54. The van der Waals surface area contributed by atoms with Crippen LogP contribution in [0.25, 0.3) is 5.57 Å². The van der Waals surface area contributed by atoms with Crippen molar-refractivity contribution in [2.75, 3.05) is 0 Å². The van der Waals surface area contributed by atoms with E-state index >= 15 is 0 Å². The highest BCUT2D eigenvalue weighted by Crippen LogP contribution is 2.06. The van der Waals surface area contributed by atoms with Gasteiger partial charge in [0.15, 0.2) is 5.49 Å². The average Bonchev–Trinajstić information content (AvgIpc) is 2.30. The molecule has 0 unspecified atom stereocenters. The second kappa shape index (κ2) is 4.13. The molecule has 2 heterocycles. The van der Waals surface area contributed by atoms with E-state index in [2.05, 4.69) is 28.0 Å². The van der Waals surface area contributed by atoms with Crippen LogP contribution in [0.3, 0.4) is 0 Å². The Morgan fingerprint density at radius 3 is 3.21 bits per heavy atom. The first-order valence-corrected chi connectivity index (χ1v) is 4.86. The molecule has 0 amide bonds. The molecular weight excluding hydrogens is 174 g/mol. The van der Waals surface area contributed by atoms with E-state index in [-0.39, 0.29) is 0 Å². The molecular formula is C11H13N3. The van der Waals surface area contributed by atoms with Crippen LogP contribution in [0.2, 0.25) is 0 Å². The lowest BCUT2D eigenvalue weighted by Crippen LogP contribution is -2.30. The van der Waals surface area contributed by atoms with Crippen molar-refractivity contribution >= 4 is 5.57 Å². The summed E-state index contributed by atoms with van der Waals surface area (Å²) < 4.78 is 0. The zero-order chi connectivity index (χ0) is 9.80. The third kappa shape index (κ3) is 1.87. The Hall–Kier alpha value is -1.51. The molecule has 3 heteroatoms. The van der Waals surface area contributed by atoms with E-state index in [1.165, 1.54) is 12.0 Å². The summed E-state index contributed by atoms with van der Waals surface area (Å²) in [6, 6.07) is 0. The van der Waals surface area contributed by atoms with E-state index < -0.39 is 0 Å². The topological polar surface area (TPSA) is 38.1 Å². The summed E-state index contributed by atoms with van der Waals surface area (Å²) in [5, 5.41) is 1.08. The molecule has 1 aliphatic rings. The molecule has 0 aliphatic carbocycles. The van der Waals surface area contributed by atoms with E-state index in [1.807, 2.05) is 12.4 Å². The van der Waals surface area contributed by atoms with Crippen LogP contribution in [0.1, 0.15) is 26.2 Å². The summed E-state index contributed by atoms with van der Waals surface area (Å²) >= 11 is 0. The first-order chi connectivity index (χ1) is 6.88. The fourth-order valence-electron chi connectivity index (χ4n) is 1.54. The summed E-state index contributed by atoms with van der Waals surface area (Å²) in [4.78, 5) is 12.5. The van der Waals surface area contributed by atoms with Crippen molar-refractivity contribution < 1.29 is 0 Å². The average molecular weight is 187 g/mol. The molecule has 0 atom stereocenters. The van der Waals surface area contributed by atoms with E-state index in [1.54, 1.807) is 6.33 Å². The Labute approximate surface area is 82.9 Å². The van der Waals surface area contributed by atoms with Crippen molar-refractivity contribution in [3.63, 3.8) is 0 Å². The van der Waals surface area contributed by atoms with Gasteiger partial charge in [-0.15, -0.1) is 0 Å². The second-order valence-electron chi connectivity index (χ2n) is 3.45. The van der Waals surface area contributed by atoms with E-state index in [9.17, 15) is 0 Å². The second-order valence-corrected chi connectivity index (χ2v) is 3.45. The van der Waals surface area contributed by atoms with Gasteiger partial charge in [-0.25, -0.2) is 15.0 Å². The number of hydrogen-bond donors (Lipinski definition) is 0. The van der Waals surface area contributed by atoms with Crippen molar-refractivity contribution in [1.29, 1.82) is 0 Å². The number of nitrogens with zero attached hydrogens (tertiary/aromatic N) is 3. The smallest absolute Gasteiger partial charge is 0.162 e. The SMILES string of the molecule is C\C1=c2/cncn/c2=N\C=C/CCC1. The van der Waals surface area contributed by atoms with Crippen molar-refractivity contribution in [3.05, 3.63) is 35.5 Å². The van der Waals surface area contributed by atoms with Gasteiger partial charge in [-0.1, -0.05) is 11.6 Å². The predicted molar refractivity (Wildman–Crippen MR) is 54.9 cm³/mol. The van der Waals surface area contributed by atoms with Crippen LogP contribution in [0.15, 0.2) is 29.8 Å². The van der Waals surface area contributed by atoms with Gasteiger partial charge >= 0.3 is 0 Å². The van der Waals surface area contributed by atoms with Crippen molar-refractivity contribution in [3.8, 4) is 0 Å². The molecule has 1 aromatic rings. The minimum atomic E-state index is 0.788. The Morgan fingerprint density at radius 1 is 1.36 bits per heavy atom. The van der Waals surface area contributed by atoms with Crippen molar-refractivity contribution in [2.24, 2.45) is 4.99 Å². The number of aromatic nitrogens is 2. The quantitative estimate of drug-likeness (QED) is 0.607. The Bertz CT molecular complexity index is 460. The van der Waals surface area contributed by atoms with Crippen LogP contribution in [-0.2, 0) is 0 Å². The lowest BCUT2D eigenvalue weighted by molar-refractivity contribution is 0.871. The van der Waals surface area contributed by atoms with Gasteiger partial charge in [0.2, 0.25) is 0 Å². The highest BCUT2D eigenvalue weighted by Gasteiger charge is 1.96. The van der Waals surface area contributed by atoms with E-state index in [0.717, 1.165) is 23.5 Å². The minimum Gasteiger partial charge on any atom is -0.244 e. The van der Waals surface area contributed by atoms with Crippen LogP contribution in [0.4, 0.5) is 0 Å². The Morgan fingerprint density at radius 2 is 2.29 bits per heavy atom. The van der Waals surface area contributed by atoms with Crippen LogP contribution in [-0.4, -0.2) is 9.97 Å². The van der Waals surface area contributed by atoms with Crippen molar-refractivity contribution in [2.45, 2.75) is 26.2 Å². The molecule has 72 valence electrons. The summed E-state index contributed by atoms with van der Waals surface area (Å²) in [6.07, 6.45) is 10.7. The summed E-state index contributed by atoms with van der Waals surface area (Å²) in [5.41, 5.74) is 2.11. The molecule has 1 aliphatic heterocycles. The molecule has 0 fully saturated rings. The largest absolute Gasteiger partial charge is 0.244 e. The van der Waals surface area contributed by atoms with Crippen LogP contribution in [0.5, 0.6) is 0 Å². The standard InChI is InChI=1S/C11H13N3/c1-9-5-3-2-4-6-13-11-10(9)7-12-8-14-11/h4,6-8H,2-3,5H2,1H3/b6-4-,10-9-,13-11-. The normalized spacial score (nSPS) is 24.8. The third-order valence-corrected chi connectivity index (χ3v) is 2.38. The lowest BCUT2D eigenvalue weighted by atomic mass is 10.1. The van der Waals surface area contributed by atoms with Gasteiger partial charge in [-0.3, -0.25) is 0 Å². The van der Waals surface area contributed by atoms with Gasteiger partial charge < -0.3 is 0 Å². The van der Waals surface area contributed by atoms with E-state index in [4.69, 9.17) is 0 Å². The highest BCUT2D eigenvalue weighted by atomic mass is 14.9. The van der Waals surface area contributed by atoms with Gasteiger partial charge in [0.1, 0.15) is 6.33 Å². The Kier molecular flexibility index (Phi) is 2.68. The molecule has 1 aromatic heterocycles. The molecule has 0 radical (unpaired) electrons. The van der Waals surface area contributed by atoms with Gasteiger partial charge in [0.05, 0.1) is 0 Å². The highest BCUT2D eigenvalue weighted by molar-refractivity contribution is 5.39. The molecule has 0 spiro atoms. The number of hydrogen-bond acceptors (Lipinski definition) is 3. The minimum absolute atomic E-state index is 0.788. The molecule has 0 saturated carbocycles. The van der Waals surface area contributed by atoms with Crippen LogP contribution >= 0.6 is 0 Å². The van der Waals surface area contributed by atoms with Crippen LogP contribution < -0.4 is 10.7 Å². The number of rotatable bonds is 0. The molecule has 3 nitrogen and oxygen atoms in total. The molecule has 2 rings (SSSR count). The van der Waals surface area contributed by atoms with Gasteiger partial charge in [0.25, 0.3) is 0 Å². The first-order valence-electron chi connectivity index (χ1n) is 4.86. The maximum Gasteiger partial charge on any atom is 0.162 e. The Balaban J connectivity index is 2.71. The van der Waals surface area contributed by atoms with Crippen LogP contribution in [0, 0.1) is 0 Å². The van der Waals surface area contributed by atoms with Gasteiger partial charge in [-0.05, 0) is 26.2 Å². The zero-order valence-corrected chi connectivity index (χ0v) is 8.27. The lowest BCUT2D eigenvalue weighted by Gasteiger charge is -1.97. The third-order valence-electron chi connectivity index (χ3n) is 2.38. The maximum absolute atomic E-state index is 4.30. The molecule has 0 N–H and O–H groups in total. The number of fused-ring (bicyclic) bond motifs is 1. The first kappa shape index (κ1) is 9.06. The molecule has 14 heavy (non-hydrogen) atoms. The summed E-state index contributed by atoms with van der Waals surface area (Å²) in [6.45, 7) is 2.13. The van der Waals surface area contributed by atoms with Gasteiger partial charge in [-0.2, -0.15) is 0 Å².